The fraction of sp³-hybridized carbons (Fsp3) is 0.188. The Morgan fingerprint density at radius 1 is 1.19 bits per heavy atom. The third-order valence-electron chi connectivity index (χ3n) is 3.05. The molecule has 0 aliphatic carbocycles. The van der Waals surface area contributed by atoms with Gasteiger partial charge in [-0.05, 0) is 60.6 Å². The lowest BCUT2D eigenvalue weighted by Gasteiger charge is -2.13. The van der Waals surface area contributed by atoms with E-state index in [1.54, 1.807) is 7.11 Å². The Bertz CT molecular complexity index is 629. The molecule has 0 unspecified atom stereocenters. The second kappa shape index (κ2) is 7.29. The SMILES string of the molecule is COc1ccc(CNC(=S)Nc2ccc(Cl)cc2C)cc1. The van der Waals surface area contributed by atoms with Crippen molar-refractivity contribution in [2.75, 3.05) is 12.4 Å². The summed E-state index contributed by atoms with van der Waals surface area (Å²) in [5.74, 6) is 0.844. The van der Waals surface area contributed by atoms with Crippen LogP contribution >= 0.6 is 23.8 Å². The Morgan fingerprint density at radius 2 is 1.90 bits per heavy atom. The van der Waals surface area contributed by atoms with Crippen molar-refractivity contribution in [3.63, 3.8) is 0 Å². The van der Waals surface area contributed by atoms with Crippen molar-refractivity contribution in [3.05, 3.63) is 58.6 Å². The molecule has 0 saturated heterocycles. The largest absolute Gasteiger partial charge is 0.497 e. The maximum absolute atomic E-state index is 5.93. The Hall–Kier alpha value is -1.78. The fourth-order valence-corrected chi connectivity index (χ4v) is 2.27. The molecule has 0 atom stereocenters. The number of anilines is 1. The van der Waals surface area contributed by atoms with Crippen LogP contribution in [0.5, 0.6) is 5.75 Å². The highest BCUT2D eigenvalue weighted by atomic mass is 35.5. The molecule has 3 nitrogen and oxygen atoms in total. The molecule has 0 saturated carbocycles. The molecule has 2 N–H and O–H groups in total. The Balaban J connectivity index is 1.89. The van der Waals surface area contributed by atoms with Gasteiger partial charge >= 0.3 is 0 Å². The number of halogens is 1. The molecule has 0 radical (unpaired) electrons. The lowest BCUT2D eigenvalue weighted by Crippen LogP contribution is -2.28. The van der Waals surface area contributed by atoms with Gasteiger partial charge in [-0.2, -0.15) is 0 Å². The Labute approximate surface area is 135 Å². The first-order valence-electron chi connectivity index (χ1n) is 6.52. The van der Waals surface area contributed by atoms with E-state index in [2.05, 4.69) is 10.6 Å². The van der Waals surface area contributed by atoms with Gasteiger partial charge in [0.2, 0.25) is 0 Å². The molecule has 0 aliphatic heterocycles. The van der Waals surface area contributed by atoms with Gasteiger partial charge in [0.25, 0.3) is 0 Å². The first-order chi connectivity index (χ1) is 10.1. The maximum Gasteiger partial charge on any atom is 0.171 e. The molecule has 0 heterocycles. The van der Waals surface area contributed by atoms with Crippen LogP contribution in [0.1, 0.15) is 11.1 Å². The topological polar surface area (TPSA) is 33.3 Å². The third kappa shape index (κ3) is 4.62. The summed E-state index contributed by atoms with van der Waals surface area (Å²) in [7, 11) is 1.65. The molecule has 2 aromatic carbocycles. The molecule has 0 bridgehead atoms. The minimum Gasteiger partial charge on any atom is -0.497 e. The van der Waals surface area contributed by atoms with Crippen molar-refractivity contribution in [2.45, 2.75) is 13.5 Å². The van der Waals surface area contributed by atoms with Crippen molar-refractivity contribution in [1.82, 2.24) is 5.32 Å². The van der Waals surface area contributed by atoms with Crippen molar-refractivity contribution >= 4 is 34.6 Å². The predicted octanol–water partition coefficient (Wildman–Crippen LogP) is 4.14. The van der Waals surface area contributed by atoms with Crippen LogP contribution in [-0.4, -0.2) is 12.2 Å². The summed E-state index contributed by atoms with van der Waals surface area (Å²) in [6.07, 6.45) is 0. The van der Waals surface area contributed by atoms with Gasteiger partial charge < -0.3 is 15.4 Å². The van der Waals surface area contributed by atoms with Crippen molar-refractivity contribution in [3.8, 4) is 5.75 Å². The van der Waals surface area contributed by atoms with Crippen LogP contribution in [0.25, 0.3) is 0 Å². The van der Waals surface area contributed by atoms with Gasteiger partial charge in [-0.3, -0.25) is 0 Å². The van der Waals surface area contributed by atoms with Gasteiger partial charge in [-0.15, -0.1) is 0 Å². The molecule has 5 heteroatoms. The zero-order chi connectivity index (χ0) is 15.2. The predicted molar refractivity (Wildman–Crippen MR) is 92.2 cm³/mol. The number of rotatable bonds is 4. The first kappa shape index (κ1) is 15.6. The van der Waals surface area contributed by atoms with E-state index in [4.69, 9.17) is 28.6 Å². The van der Waals surface area contributed by atoms with E-state index >= 15 is 0 Å². The zero-order valence-corrected chi connectivity index (χ0v) is 13.5. The lowest BCUT2D eigenvalue weighted by molar-refractivity contribution is 0.414. The smallest absolute Gasteiger partial charge is 0.171 e. The molecular weight excluding hydrogens is 304 g/mol. The third-order valence-corrected chi connectivity index (χ3v) is 3.53. The molecule has 110 valence electrons. The second-order valence-electron chi connectivity index (χ2n) is 4.61. The number of aryl methyl sites for hydroxylation is 1. The van der Waals surface area contributed by atoms with Gasteiger partial charge in [-0.25, -0.2) is 0 Å². The molecule has 2 aromatic rings. The highest BCUT2D eigenvalue weighted by Crippen LogP contribution is 2.19. The quantitative estimate of drug-likeness (QED) is 0.829. The van der Waals surface area contributed by atoms with Crippen LogP contribution in [0.3, 0.4) is 0 Å². The van der Waals surface area contributed by atoms with Crippen molar-refractivity contribution in [2.24, 2.45) is 0 Å². The van der Waals surface area contributed by atoms with Crippen LogP contribution in [0.4, 0.5) is 5.69 Å². The average molecular weight is 321 g/mol. The summed E-state index contributed by atoms with van der Waals surface area (Å²) in [6, 6.07) is 13.5. The van der Waals surface area contributed by atoms with Gasteiger partial charge in [0.1, 0.15) is 5.75 Å². The number of thiocarbonyl (C=S) groups is 1. The van der Waals surface area contributed by atoms with Crippen LogP contribution in [0.2, 0.25) is 5.02 Å². The number of methoxy groups -OCH3 is 1. The molecule has 2 rings (SSSR count). The van der Waals surface area contributed by atoms with Gasteiger partial charge in [-0.1, -0.05) is 23.7 Å². The number of nitrogens with one attached hydrogen (secondary N) is 2. The summed E-state index contributed by atoms with van der Waals surface area (Å²) < 4.78 is 5.13. The molecule has 0 amide bonds. The second-order valence-corrected chi connectivity index (χ2v) is 5.46. The normalized spacial score (nSPS) is 10.0. The van der Waals surface area contributed by atoms with E-state index in [9.17, 15) is 0 Å². The average Bonchev–Trinajstić information content (AvgIpc) is 2.48. The van der Waals surface area contributed by atoms with Gasteiger partial charge in [0.05, 0.1) is 7.11 Å². The van der Waals surface area contributed by atoms with E-state index in [1.807, 2.05) is 49.4 Å². The van der Waals surface area contributed by atoms with Crippen LogP contribution in [-0.2, 0) is 6.54 Å². The summed E-state index contributed by atoms with van der Waals surface area (Å²) in [5.41, 5.74) is 3.13. The maximum atomic E-state index is 5.93. The van der Waals surface area contributed by atoms with E-state index in [1.165, 1.54) is 0 Å². The molecule has 0 fully saturated rings. The molecule has 0 aromatic heterocycles. The molecule has 21 heavy (non-hydrogen) atoms. The fourth-order valence-electron chi connectivity index (χ4n) is 1.86. The zero-order valence-electron chi connectivity index (χ0n) is 11.9. The monoisotopic (exact) mass is 320 g/mol. The number of benzene rings is 2. The summed E-state index contributed by atoms with van der Waals surface area (Å²) in [4.78, 5) is 0. The molecule has 0 aliphatic rings. The minimum absolute atomic E-state index is 0.580. The summed E-state index contributed by atoms with van der Waals surface area (Å²) in [6.45, 7) is 2.64. The van der Waals surface area contributed by atoms with E-state index < -0.39 is 0 Å². The van der Waals surface area contributed by atoms with Gasteiger partial charge in [0.15, 0.2) is 5.11 Å². The lowest BCUT2D eigenvalue weighted by atomic mass is 10.2. The van der Waals surface area contributed by atoms with E-state index in [0.29, 0.717) is 11.7 Å². The van der Waals surface area contributed by atoms with Crippen molar-refractivity contribution in [1.29, 1.82) is 0 Å². The van der Waals surface area contributed by atoms with Crippen LogP contribution < -0.4 is 15.4 Å². The van der Waals surface area contributed by atoms with Crippen LogP contribution in [0.15, 0.2) is 42.5 Å². The van der Waals surface area contributed by atoms with Gasteiger partial charge in [0, 0.05) is 17.3 Å². The number of hydrogen-bond donors (Lipinski definition) is 2. The van der Waals surface area contributed by atoms with Crippen LogP contribution in [0, 0.1) is 6.92 Å². The van der Waals surface area contributed by atoms with E-state index in [-0.39, 0.29) is 0 Å². The highest BCUT2D eigenvalue weighted by Gasteiger charge is 2.02. The first-order valence-corrected chi connectivity index (χ1v) is 7.31. The standard InChI is InChI=1S/C16H17ClN2OS/c1-11-9-13(17)5-8-15(11)19-16(21)18-10-12-3-6-14(20-2)7-4-12/h3-9H,10H2,1-2H3,(H2,18,19,21). The Morgan fingerprint density at radius 3 is 2.52 bits per heavy atom. The number of hydrogen-bond acceptors (Lipinski definition) is 2. The molecule has 0 spiro atoms. The number of ether oxygens (including phenoxy) is 1. The molecular formula is C16H17ClN2OS. The minimum atomic E-state index is 0.580. The van der Waals surface area contributed by atoms with Crippen molar-refractivity contribution < 1.29 is 4.74 Å². The highest BCUT2D eigenvalue weighted by molar-refractivity contribution is 7.80. The summed E-state index contributed by atoms with van der Waals surface area (Å²) >= 11 is 11.2. The van der Waals surface area contributed by atoms with E-state index in [0.717, 1.165) is 27.6 Å². The summed E-state index contributed by atoms with van der Waals surface area (Å²) in [5, 5.41) is 7.64. The Kier molecular flexibility index (Phi) is 5.42.